The van der Waals surface area contributed by atoms with Gasteiger partial charge in [-0.2, -0.15) is 0 Å². The van der Waals surface area contributed by atoms with Gasteiger partial charge in [-0.3, -0.25) is 4.57 Å². The molecule has 1 aliphatic heterocycles. The van der Waals surface area contributed by atoms with Crippen LogP contribution in [-0.4, -0.2) is 16.2 Å². The van der Waals surface area contributed by atoms with Crippen molar-refractivity contribution in [1.29, 1.82) is 0 Å². The van der Waals surface area contributed by atoms with Crippen molar-refractivity contribution in [3.8, 4) is 61.8 Å². The minimum absolute atomic E-state index is 0.0879. The van der Waals surface area contributed by atoms with E-state index in [0.717, 1.165) is 107 Å². The summed E-state index contributed by atoms with van der Waals surface area (Å²) in [7, 11) is 0. The lowest BCUT2D eigenvalue weighted by Crippen LogP contribution is -2.26. The van der Waals surface area contributed by atoms with E-state index < -0.39 is 11.6 Å². The lowest BCUT2D eigenvalue weighted by atomic mass is 9.87. The first kappa shape index (κ1) is 45.3. The second kappa shape index (κ2) is 18.7. The molecule has 0 bridgehead atoms. The highest BCUT2D eigenvalue weighted by Crippen LogP contribution is 2.51. The van der Waals surface area contributed by atoms with Crippen LogP contribution in [0.3, 0.4) is 0 Å². The zero-order valence-electron chi connectivity index (χ0n) is 41.1. The molecule has 0 atom stereocenters. The molecule has 0 saturated heterocycles. The van der Waals surface area contributed by atoms with E-state index in [1.165, 1.54) is 6.07 Å². The molecule has 3 heterocycles. The van der Waals surface area contributed by atoms with Gasteiger partial charge in [0.25, 0.3) is 0 Å². The number of halogens is 2. The molecule has 5 nitrogen and oxygen atoms in total. The molecule has 7 heteroatoms. The topological polar surface area (TPSA) is 33.5 Å². The molecule has 0 unspecified atom stereocenters. The average Bonchev–Trinajstić information content (AvgIpc) is 3.97. The first-order valence-electron chi connectivity index (χ1n) is 25.0. The Labute approximate surface area is 424 Å². The highest BCUT2D eigenvalue weighted by atomic mass is 19.1. The molecule has 2 aromatic heterocycles. The molecular weight excluding hydrogens is 903 g/mol. The van der Waals surface area contributed by atoms with Crippen LogP contribution in [0.1, 0.15) is 50.7 Å². The fourth-order valence-electron chi connectivity index (χ4n) is 10.6. The van der Waals surface area contributed by atoms with Crippen molar-refractivity contribution in [2.24, 2.45) is 0 Å². The fraction of sp³-hybridized carbons (Fsp3) is 0.106. The van der Waals surface area contributed by atoms with Crippen LogP contribution in [0.25, 0.3) is 72.1 Å². The third-order valence-electron chi connectivity index (χ3n) is 14.1. The van der Waals surface area contributed by atoms with E-state index in [1.807, 2.05) is 24.4 Å². The van der Waals surface area contributed by atoms with E-state index >= 15 is 4.39 Å². The number of rotatable bonds is 11. The Balaban J connectivity index is 1.03. The highest BCUT2D eigenvalue weighted by Gasteiger charge is 2.33. The van der Waals surface area contributed by atoms with Crippen molar-refractivity contribution in [3.05, 3.63) is 241 Å². The maximum Gasteiger partial charge on any atom is 0.137 e. The summed E-state index contributed by atoms with van der Waals surface area (Å²) in [6, 6.07) is 71.8. The van der Waals surface area contributed by atoms with Crippen molar-refractivity contribution >= 4 is 44.6 Å². The predicted octanol–water partition coefficient (Wildman–Crippen LogP) is 18.4. The van der Waals surface area contributed by atoms with Gasteiger partial charge < -0.3 is 14.5 Å². The number of fused-ring (bicyclic) bond motifs is 4. The zero-order valence-corrected chi connectivity index (χ0v) is 41.1. The summed E-state index contributed by atoms with van der Waals surface area (Å²) in [5, 5.41) is 2.25. The summed E-state index contributed by atoms with van der Waals surface area (Å²) in [5.74, 6) is 1.22. The number of nitrogens with zero attached hydrogens (tertiary/aromatic N) is 4. The SMILES string of the molecule is CC(C)c1cc(-c2ccc(F)cc2F)cc(C(C)C)c1N1CN(c2cc(Oc3ccc4c5ccccc5n(-c5ccccn5)c4c3)cc(-c3cc(-c4ccccc4)cc(-c4ccccc4)c3)c2)c2ccccc21. The number of ether oxygens (including phenoxy) is 1. The molecule has 73 heavy (non-hydrogen) atoms. The number of pyridine rings is 1. The standard InChI is InChI=1S/C66H52F2N4O/c1-42(2)58-36-50(55-28-26-51(67)38-60(55)68)37-59(43(3)4)66(58)71-41-70(62-23-13-14-24-63(62)71)52-34-49(48-32-46(44-17-7-5-8-18-44)31-47(33-48)45-19-9-6-10-20-45)35-54(39-52)73-53-27-29-57-56-21-11-12-22-61(56)72(64(57)40-53)65-25-15-16-30-69-65/h5-40,42-43H,41H2,1-4H3. The van der Waals surface area contributed by atoms with Crippen LogP contribution in [0, 0.1) is 11.6 Å². The largest absolute Gasteiger partial charge is 0.457 e. The third-order valence-corrected chi connectivity index (χ3v) is 14.1. The normalized spacial score (nSPS) is 12.4. The van der Waals surface area contributed by atoms with Gasteiger partial charge >= 0.3 is 0 Å². The van der Waals surface area contributed by atoms with Crippen LogP contribution in [0.4, 0.5) is 31.5 Å². The van der Waals surface area contributed by atoms with Gasteiger partial charge in [-0.1, -0.05) is 125 Å². The van der Waals surface area contributed by atoms with Gasteiger partial charge in [-0.15, -0.1) is 0 Å². The number of anilines is 4. The summed E-state index contributed by atoms with van der Waals surface area (Å²) in [6.07, 6.45) is 1.83. The third kappa shape index (κ3) is 8.46. The van der Waals surface area contributed by atoms with E-state index in [2.05, 4.69) is 218 Å². The first-order chi connectivity index (χ1) is 35.6. The van der Waals surface area contributed by atoms with Crippen LogP contribution in [0.5, 0.6) is 11.5 Å². The number of benzene rings is 9. The van der Waals surface area contributed by atoms with E-state index in [1.54, 1.807) is 6.07 Å². The Morgan fingerprint density at radius 1 is 0.452 bits per heavy atom. The summed E-state index contributed by atoms with van der Waals surface area (Å²) in [4.78, 5) is 9.56. The molecule has 356 valence electrons. The summed E-state index contributed by atoms with van der Waals surface area (Å²) >= 11 is 0. The maximum atomic E-state index is 15.5. The van der Waals surface area contributed by atoms with Gasteiger partial charge in [0.1, 0.15) is 35.6 Å². The van der Waals surface area contributed by atoms with Crippen LogP contribution in [0.15, 0.2) is 219 Å². The van der Waals surface area contributed by atoms with E-state index in [4.69, 9.17) is 9.72 Å². The zero-order chi connectivity index (χ0) is 49.7. The number of aromatic nitrogens is 2. The van der Waals surface area contributed by atoms with Crippen LogP contribution >= 0.6 is 0 Å². The van der Waals surface area contributed by atoms with Crippen LogP contribution in [0.2, 0.25) is 0 Å². The van der Waals surface area contributed by atoms with Crippen molar-refractivity contribution in [3.63, 3.8) is 0 Å². The fourth-order valence-corrected chi connectivity index (χ4v) is 10.6. The molecule has 0 N–H and O–H groups in total. The average molecular weight is 955 g/mol. The first-order valence-corrected chi connectivity index (χ1v) is 25.0. The minimum Gasteiger partial charge on any atom is -0.457 e. The van der Waals surface area contributed by atoms with E-state index in [9.17, 15) is 4.39 Å². The van der Waals surface area contributed by atoms with Gasteiger partial charge in [0.15, 0.2) is 0 Å². The second-order valence-electron chi connectivity index (χ2n) is 19.5. The lowest BCUT2D eigenvalue weighted by molar-refractivity contribution is 0.483. The Hall–Kier alpha value is -8.81. The lowest BCUT2D eigenvalue weighted by Gasteiger charge is -2.30. The van der Waals surface area contributed by atoms with Crippen molar-refractivity contribution < 1.29 is 13.5 Å². The van der Waals surface area contributed by atoms with E-state index in [0.29, 0.717) is 23.7 Å². The second-order valence-corrected chi connectivity index (χ2v) is 19.5. The maximum absolute atomic E-state index is 15.5. The smallest absolute Gasteiger partial charge is 0.137 e. The summed E-state index contributed by atoms with van der Waals surface area (Å²) in [5.41, 5.74) is 16.1. The van der Waals surface area contributed by atoms with Crippen LogP contribution in [-0.2, 0) is 0 Å². The molecule has 1 aliphatic rings. The monoisotopic (exact) mass is 954 g/mol. The van der Waals surface area contributed by atoms with Gasteiger partial charge in [-0.05, 0) is 159 Å². The molecular formula is C66H52F2N4O. The number of hydrogen-bond donors (Lipinski definition) is 0. The van der Waals surface area contributed by atoms with Crippen molar-refractivity contribution in [2.45, 2.75) is 39.5 Å². The van der Waals surface area contributed by atoms with Gasteiger partial charge in [0, 0.05) is 52.1 Å². The van der Waals surface area contributed by atoms with Crippen molar-refractivity contribution in [1.82, 2.24) is 9.55 Å². The quantitative estimate of drug-likeness (QED) is 0.129. The van der Waals surface area contributed by atoms with Gasteiger partial charge in [-0.25, -0.2) is 13.8 Å². The molecule has 11 aromatic rings. The predicted molar refractivity (Wildman–Crippen MR) is 297 cm³/mol. The molecule has 0 spiro atoms. The molecule has 12 rings (SSSR count). The summed E-state index contributed by atoms with van der Waals surface area (Å²) < 4.78 is 39.0. The van der Waals surface area contributed by atoms with E-state index in [-0.39, 0.29) is 11.8 Å². The minimum atomic E-state index is -0.594. The Kier molecular flexibility index (Phi) is 11.6. The number of hydrogen-bond acceptors (Lipinski definition) is 4. The highest BCUT2D eigenvalue weighted by molar-refractivity contribution is 6.09. The Bertz CT molecular complexity index is 3760. The Morgan fingerprint density at radius 3 is 1.68 bits per heavy atom. The molecule has 0 aliphatic carbocycles. The van der Waals surface area contributed by atoms with Gasteiger partial charge in [0.2, 0.25) is 0 Å². The molecule has 0 radical (unpaired) electrons. The molecule has 0 amide bonds. The summed E-state index contributed by atoms with van der Waals surface area (Å²) in [6.45, 7) is 9.23. The molecule has 0 saturated carbocycles. The van der Waals surface area contributed by atoms with Gasteiger partial charge in [0.05, 0.1) is 22.4 Å². The number of para-hydroxylation sites is 3. The molecule has 0 fully saturated rings. The molecule has 9 aromatic carbocycles. The van der Waals surface area contributed by atoms with Crippen molar-refractivity contribution in [2.75, 3.05) is 16.5 Å². The Morgan fingerprint density at radius 2 is 1.04 bits per heavy atom. The van der Waals surface area contributed by atoms with Crippen LogP contribution < -0.4 is 14.5 Å².